The van der Waals surface area contributed by atoms with E-state index in [1.807, 2.05) is 70.6 Å². The predicted octanol–water partition coefficient (Wildman–Crippen LogP) is 6.04. The summed E-state index contributed by atoms with van der Waals surface area (Å²) in [5.41, 5.74) is 2.63. The minimum Gasteiger partial charge on any atom is -0.361 e. The van der Waals surface area contributed by atoms with Crippen molar-refractivity contribution in [3.8, 4) is 0 Å². The van der Waals surface area contributed by atoms with Gasteiger partial charge in [0.25, 0.3) is 0 Å². The van der Waals surface area contributed by atoms with E-state index in [4.69, 9.17) is 0 Å². The molecule has 0 fully saturated rings. The van der Waals surface area contributed by atoms with Crippen molar-refractivity contribution < 1.29 is 0 Å². The summed E-state index contributed by atoms with van der Waals surface area (Å²) in [6, 6.07) is 0. The van der Waals surface area contributed by atoms with Crippen LogP contribution >= 0.6 is 70.6 Å². The second kappa shape index (κ2) is 5.25. The summed E-state index contributed by atoms with van der Waals surface area (Å²) in [6.45, 7) is 4.35. The average molecular weight is 362 g/mol. The maximum Gasteiger partial charge on any atom is 0.0717 e. The number of thioether (sulfide) groups is 6. The zero-order chi connectivity index (χ0) is 13.0. The lowest BCUT2D eigenvalue weighted by Gasteiger charge is -2.08. The van der Waals surface area contributed by atoms with Crippen LogP contribution in [-0.2, 0) is 0 Å². The Morgan fingerprint density at radius 1 is 0.684 bits per heavy atom. The quantitative estimate of drug-likeness (QED) is 0.601. The molecule has 4 heterocycles. The SMILES string of the molecule is Cc1[nH]c(C)c2c1SC(=C1SC3=C(SCCS3)S1)S2. The van der Waals surface area contributed by atoms with Gasteiger partial charge in [-0.3, -0.25) is 0 Å². The summed E-state index contributed by atoms with van der Waals surface area (Å²) in [6.07, 6.45) is 0. The molecule has 19 heavy (non-hydrogen) atoms. The lowest BCUT2D eigenvalue weighted by molar-refractivity contribution is 1.16. The number of aromatic nitrogens is 1. The molecule has 3 aliphatic heterocycles. The molecule has 1 aromatic rings. The van der Waals surface area contributed by atoms with Gasteiger partial charge in [0.05, 0.1) is 16.9 Å². The molecule has 0 aliphatic carbocycles. The molecule has 0 saturated heterocycles. The van der Waals surface area contributed by atoms with Crippen molar-refractivity contribution in [2.75, 3.05) is 11.5 Å². The molecule has 0 bridgehead atoms. The van der Waals surface area contributed by atoms with Gasteiger partial charge >= 0.3 is 0 Å². The van der Waals surface area contributed by atoms with Crippen LogP contribution in [0.15, 0.2) is 26.7 Å². The number of hydrogen-bond donors (Lipinski definition) is 1. The van der Waals surface area contributed by atoms with Crippen LogP contribution in [0.1, 0.15) is 11.4 Å². The van der Waals surface area contributed by atoms with Gasteiger partial charge in [0.15, 0.2) is 0 Å². The Balaban J connectivity index is 1.63. The molecule has 0 unspecified atom stereocenters. The minimum atomic E-state index is 1.26. The summed E-state index contributed by atoms with van der Waals surface area (Å²) >= 11 is 11.9. The molecule has 1 nitrogen and oxygen atoms in total. The first-order chi connectivity index (χ1) is 9.22. The Kier molecular flexibility index (Phi) is 3.73. The highest BCUT2D eigenvalue weighted by Gasteiger charge is 2.32. The van der Waals surface area contributed by atoms with E-state index in [0.717, 1.165) is 0 Å². The van der Waals surface area contributed by atoms with Crippen molar-refractivity contribution in [3.05, 3.63) is 28.3 Å². The molecule has 3 aliphatic rings. The van der Waals surface area contributed by atoms with Gasteiger partial charge in [0, 0.05) is 32.7 Å². The number of nitrogens with one attached hydrogen (secondary N) is 1. The van der Waals surface area contributed by atoms with Crippen molar-refractivity contribution in [2.45, 2.75) is 23.6 Å². The zero-order valence-corrected chi connectivity index (χ0v) is 15.3. The van der Waals surface area contributed by atoms with Crippen LogP contribution in [0.2, 0.25) is 0 Å². The lowest BCUT2D eigenvalue weighted by Crippen LogP contribution is -1.88. The second-order valence-electron chi connectivity index (χ2n) is 4.29. The first-order valence-electron chi connectivity index (χ1n) is 5.87. The number of aryl methyl sites for hydroxylation is 2. The Hall–Kier alpha value is 0.860. The van der Waals surface area contributed by atoms with E-state index in [1.165, 1.54) is 49.6 Å². The Morgan fingerprint density at radius 3 is 1.68 bits per heavy atom. The fourth-order valence-electron chi connectivity index (χ4n) is 2.07. The van der Waals surface area contributed by atoms with Crippen molar-refractivity contribution in [3.63, 3.8) is 0 Å². The van der Waals surface area contributed by atoms with E-state index in [9.17, 15) is 0 Å². The van der Waals surface area contributed by atoms with Crippen molar-refractivity contribution in [1.29, 1.82) is 0 Å². The molecule has 0 radical (unpaired) electrons. The van der Waals surface area contributed by atoms with Gasteiger partial charge in [-0.25, -0.2) is 0 Å². The summed E-state index contributed by atoms with van der Waals surface area (Å²) in [7, 11) is 0. The van der Waals surface area contributed by atoms with Crippen LogP contribution in [0.5, 0.6) is 0 Å². The van der Waals surface area contributed by atoms with E-state index in [1.54, 1.807) is 0 Å². The number of hydrogen-bond acceptors (Lipinski definition) is 6. The van der Waals surface area contributed by atoms with Gasteiger partial charge in [-0.15, -0.1) is 23.5 Å². The van der Waals surface area contributed by atoms with E-state index in [2.05, 4.69) is 18.8 Å². The molecule has 0 saturated carbocycles. The number of rotatable bonds is 0. The van der Waals surface area contributed by atoms with Crippen molar-refractivity contribution in [2.24, 2.45) is 0 Å². The van der Waals surface area contributed by atoms with E-state index in [0.29, 0.717) is 0 Å². The highest BCUT2D eigenvalue weighted by atomic mass is 32.3. The monoisotopic (exact) mass is 361 g/mol. The predicted molar refractivity (Wildman–Crippen MR) is 96.1 cm³/mol. The Labute approximate surface area is 138 Å². The number of H-pyrrole nitrogens is 1. The van der Waals surface area contributed by atoms with E-state index in [-0.39, 0.29) is 0 Å². The normalized spacial score (nSPS) is 22.2. The molecule has 0 atom stereocenters. The maximum absolute atomic E-state index is 3.44. The number of fused-ring (bicyclic) bond motifs is 1. The molecule has 4 rings (SSSR count). The smallest absolute Gasteiger partial charge is 0.0717 e. The van der Waals surface area contributed by atoms with Gasteiger partial charge in [0.2, 0.25) is 0 Å². The fourth-order valence-corrected chi connectivity index (χ4v) is 11.0. The number of aromatic amines is 1. The Morgan fingerprint density at radius 2 is 1.16 bits per heavy atom. The molecule has 1 N–H and O–H groups in total. The summed E-state index contributed by atoms with van der Waals surface area (Å²) in [5.74, 6) is 2.52. The summed E-state index contributed by atoms with van der Waals surface area (Å²) < 4.78 is 6.06. The van der Waals surface area contributed by atoms with Gasteiger partial charge in [-0.2, -0.15) is 0 Å². The highest BCUT2D eigenvalue weighted by molar-refractivity contribution is 8.42. The molecular formula is C12H11NS6. The fraction of sp³-hybridized carbons (Fsp3) is 0.333. The van der Waals surface area contributed by atoms with Crippen LogP contribution in [-0.4, -0.2) is 16.5 Å². The van der Waals surface area contributed by atoms with Crippen LogP contribution in [0.4, 0.5) is 0 Å². The largest absolute Gasteiger partial charge is 0.361 e. The molecule has 1 aromatic heterocycles. The third-order valence-corrected chi connectivity index (χ3v) is 12.0. The summed E-state index contributed by atoms with van der Waals surface area (Å²) in [5, 5.41) is 0. The summed E-state index contributed by atoms with van der Waals surface area (Å²) in [4.78, 5) is 6.32. The Bertz CT molecular complexity index is 578. The van der Waals surface area contributed by atoms with Gasteiger partial charge in [0.1, 0.15) is 0 Å². The average Bonchev–Trinajstić information content (AvgIpc) is 3.06. The zero-order valence-electron chi connectivity index (χ0n) is 10.4. The van der Waals surface area contributed by atoms with E-state index < -0.39 is 0 Å². The third-order valence-electron chi connectivity index (χ3n) is 2.91. The van der Waals surface area contributed by atoms with Gasteiger partial charge in [-0.05, 0) is 13.8 Å². The topological polar surface area (TPSA) is 15.8 Å². The first-order valence-corrected chi connectivity index (χ1v) is 11.1. The minimum absolute atomic E-state index is 1.26. The second-order valence-corrected chi connectivity index (χ2v) is 11.6. The van der Waals surface area contributed by atoms with Crippen LogP contribution in [0.3, 0.4) is 0 Å². The van der Waals surface area contributed by atoms with Crippen LogP contribution < -0.4 is 0 Å². The first kappa shape index (κ1) is 13.5. The molecule has 7 heteroatoms. The maximum atomic E-state index is 3.44. The molecule has 100 valence electrons. The van der Waals surface area contributed by atoms with Crippen molar-refractivity contribution >= 4 is 70.6 Å². The third kappa shape index (κ3) is 2.34. The molecule has 0 amide bonds. The van der Waals surface area contributed by atoms with Gasteiger partial charge < -0.3 is 4.98 Å². The van der Waals surface area contributed by atoms with Crippen LogP contribution in [0.25, 0.3) is 0 Å². The van der Waals surface area contributed by atoms with Gasteiger partial charge in [-0.1, -0.05) is 47.0 Å². The standard InChI is InChI=1S/C12H11NS6/c1-5-7-8(6(2)13-5)17-11(16-7)12-18-9-10(19-12)15-4-3-14-9/h13H,3-4H2,1-2H3. The van der Waals surface area contributed by atoms with E-state index >= 15 is 0 Å². The van der Waals surface area contributed by atoms with Crippen LogP contribution in [0, 0.1) is 13.8 Å². The molecule has 0 aromatic carbocycles. The molecule has 0 spiro atoms. The molecular weight excluding hydrogens is 351 g/mol. The van der Waals surface area contributed by atoms with Crippen molar-refractivity contribution in [1.82, 2.24) is 4.98 Å². The lowest BCUT2D eigenvalue weighted by atomic mass is 10.4. The highest BCUT2D eigenvalue weighted by Crippen LogP contribution is 2.65.